The lowest BCUT2D eigenvalue weighted by molar-refractivity contribution is 0.174. The molecule has 0 amide bonds. The van der Waals surface area contributed by atoms with Crippen LogP contribution >= 0.6 is 0 Å². The molecule has 80 valence electrons. The second kappa shape index (κ2) is 5.89. The summed E-state index contributed by atoms with van der Waals surface area (Å²) in [5.74, 6) is 0.900. The lowest BCUT2D eigenvalue weighted by atomic mass is 9.87. The van der Waals surface area contributed by atoms with E-state index >= 15 is 0 Å². The maximum atomic E-state index is 8.16. The van der Waals surface area contributed by atoms with E-state index in [1.54, 1.807) is 0 Å². The van der Waals surface area contributed by atoms with E-state index in [0.29, 0.717) is 12.6 Å². The van der Waals surface area contributed by atoms with Crippen molar-refractivity contribution >= 4 is 0 Å². The Bertz CT molecular complexity index is 202. The van der Waals surface area contributed by atoms with Crippen LogP contribution in [0, 0.1) is 5.92 Å². The van der Waals surface area contributed by atoms with Crippen LogP contribution in [0.4, 0.5) is 0 Å². The highest BCUT2D eigenvalue weighted by Crippen LogP contribution is 2.26. The van der Waals surface area contributed by atoms with E-state index in [2.05, 4.69) is 28.9 Å². The summed E-state index contributed by atoms with van der Waals surface area (Å²) in [6, 6.07) is 0.708. The third-order valence-electron chi connectivity index (χ3n) is 3.22. The number of rotatable bonds is 4. The van der Waals surface area contributed by atoms with Crippen LogP contribution in [-0.4, -0.2) is 31.1 Å². The van der Waals surface area contributed by atoms with E-state index in [4.69, 9.17) is 5.53 Å². The minimum Gasteiger partial charge on any atom is -0.303 e. The van der Waals surface area contributed by atoms with Gasteiger partial charge in [0.15, 0.2) is 0 Å². The maximum absolute atomic E-state index is 8.16. The molecule has 1 aliphatic carbocycles. The molecule has 0 aromatic rings. The van der Waals surface area contributed by atoms with Crippen molar-refractivity contribution in [2.24, 2.45) is 11.0 Å². The first-order valence-corrected chi connectivity index (χ1v) is 5.45. The predicted octanol–water partition coefficient (Wildman–Crippen LogP) is 2.81. The highest BCUT2D eigenvalue weighted by atomic mass is 15.2. The first-order chi connectivity index (χ1) is 6.74. The van der Waals surface area contributed by atoms with Gasteiger partial charge < -0.3 is 4.90 Å². The molecule has 1 rings (SSSR count). The first kappa shape index (κ1) is 11.3. The molecular formula is C10H20N4. The van der Waals surface area contributed by atoms with Gasteiger partial charge in [0.25, 0.3) is 0 Å². The Hall–Kier alpha value is -0.730. The molecule has 4 heteroatoms. The summed E-state index contributed by atoms with van der Waals surface area (Å²) >= 11 is 0. The average molecular weight is 196 g/mol. The fraction of sp³-hybridized carbons (Fsp3) is 1.00. The molecule has 0 bridgehead atoms. The van der Waals surface area contributed by atoms with Crippen LogP contribution in [0.15, 0.2) is 5.11 Å². The first-order valence-electron chi connectivity index (χ1n) is 5.45. The second-order valence-electron chi connectivity index (χ2n) is 4.35. The van der Waals surface area contributed by atoms with Gasteiger partial charge in [-0.15, -0.1) is 0 Å². The van der Waals surface area contributed by atoms with Crippen LogP contribution in [0.3, 0.4) is 0 Å². The molecule has 0 saturated heterocycles. The summed E-state index contributed by atoms with van der Waals surface area (Å²) in [5.41, 5.74) is 8.16. The molecule has 0 unspecified atom stereocenters. The largest absolute Gasteiger partial charge is 0.303 e. The molecule has 0 N–H and O–H groups in total. The van der Waals surface area contributed by atoms with Gasteiger partial charge in [0, 0.05) is 24.0 Å². The van der Waals surface area contributed by atoms with Crippen molar-refractivity contribution < 1.29 is 0 Å². The van der Waals surface area contributed by atoms with E-state index in [0.717, 1.165) is 12.5 Å². The summed E-state index contributed by atoms with van der Waals surface area (Å²) in [7, 11) is 2.13. The molecule has 1 fully saturated rings. The van der Waals surface area contributed by atoms with E-state index in [-0.39, 0.29) is 0 Å². The summed E-state index contributed by atoms with van der Waals surface area (Å²) in [4.78, 5) is 5.10. The van der Waals surface area contributed by atoms with Gasteiger partial charge in [0.05, 0.1) is 0 Å². The SMILES string of the molecule is CC1CCC(N(C)CCN=[N+]=[N-])CC1. The monoisotopic (exact) mass is 196 g/mol. The van der Waals surface area contributed by atoms with Gasteiger partial charge in [-0.2, -0.15) is 0 Å². The minimum absolute atomic E-state index is 0.596. The molecule has 0 heterocycles. The van der Waals surface area contributed by atoms with Crippen LogP contribution in [0.1, 0.15) is 32.6 Å². The van der Waals surface area contributed by atoms with Crippen molar-refractivity contribution in [2.45, 2.75) is 38.6 Å². The standard InChI is InChI=1S/C10H20N4/c1-9-3-5-10(6-4-9)14(2)8-7-12-13-11/h9-10H,3-8H2,1-2H3. The fourth-order valence-corrected chi connectivity index (χ4v) is 2.11. The van der Waals surface area contributed by atoms with Crippen molar-refractivity contribution in [1.82, 2.24) is 4.90 Å². The maximum Gasteiger partial charge on any atom is 0.0385 e. The van der Waals surface area contributed by atoms with Crippen molar-refractivity contribution in [1.29, 1.82) is 0 Å². The van der Waals surface area contributed by atoms with Crippen LogP contribution in [0.25, 0.3) is 10.4 Å². The Kier molecular flexibility index (Phi) is 4.77. The molecule has 0 aromatic carbocycles. The Morgan fingerprint density at radius 2 is 2.00 bits per heavy atom. The van der Waals surface area contributed by atoms with Crippen molar-refractivity contribution in [2.75, 3.05) is 20.1 Å². The molecule has 0 radical (unpaired) electrons. The Balaban J connectivity index is 2.23. The van der Waals surface area contributed by atoms with E-state index < -0.39 is 0 Å². The highest BCUT2D eigenvalue weighted by Gasteiger charge is 2.20. The lowest BCUT2D eigenvalue weighted by Gasteiger charge is -2.33. The number of hydrogen-bond donors (Lipinski definition) is 0. The van der Waals surface area contributed by atoms with Crippen LogP contribution in [-0.2, 0) is 0 Å². The second-order valence-corrected chi connectivity index (χ2v) is 4.35. The smallest absolute Gasteiger partial charge is 0.0385 e. The van der Waals surface area contributed by atoms with Crippen LogP contribution in [0.5, 0.6) is 0 Å². The molecule has 0 atom stereocenters. The van der Waals surface area contributed by atoms with Crippen molar-refractivity contribution in [3.63, 3.8) is 0 Å². The van der Waals surface area contributed by atoms with E-state index in [9.17, 15) is 0 Å². The molecule has 0 aromatic heterocycles. The number of hydrogen-bond acceptors (Lipinski definition) is 2. The Labute approximate surface area is 85.9 Å². The fourth-order valence-electron chi connectivity index (χ4n) is 2.11. The van der Waals surface area contributed by atoms with Gasteiger partial charge in [0.2, 0.25) is 0 Å². The Morgan fingerprint density at radius 1 is 1.36 bits per heavy atom. The summed E-state index contributed by atoms with van der Waals surface area (Å²) in [5, 5.41) is 3.56. The third-order valence-corrected chi connectivity index (χ3v) is 3.22. The van der Waals surface area contributed by atoms with Crippen molar-refractivity contribution in [3.05, 3.63) is 10.4 Å². The topological polar surface area (TPSA) is 52.0 Å². The zero-order valence-electron chi connectivity index (χ0n) is 9.19. The minimum atomic E-state index is 0.596. The molecule has 4 nitrogen and oxygen atoms in total. The molecular weight excluding hydrogens is 176 g/mol. The van der Waals surface area contributed by atoms with Gasteiger partial charge in [0.1, 0.15) is 0 Å². The Morgan fingerprint density at radius 3 is 2.57 bits per heavy atom. The summed E-state index contributed by atoms with van der Waals surface area (Å²) < 4.78 is 0. The van der Waals surface area contributed by atoms with Crippen LogP contribution < -0.4 is 0 Å². The van der Waals surface area contributed by atoms with E-state index in [1.165, 1.54) is 25.7 Å². The van der Waals surface area contributed by atoms with Gasteiger partial charge >= 0.3 is 0 Å². The molecule has 14 heavy (non-hydrogen) atoms. The number of likely N-dealkylation sites (N-methyl/N-ethyl adjacent to an activating group) is 1. The zero-order chi connectivity index (χ0) is 10.4. The normalized spacial score (nSPS) is 27.4. The summed E-state index contributed by atoms with van der Waals surface area (Å²) in [6.45, 7) is 3.82. The molecule has 0 spiro atoms. The zero-order valence-corrected chi connectivity index (χ0v) is 9.19. The van der Waals surface area contributed by atoms with E-state index in [1.807, 2.05) is 0 Å². The average Bonchev–Trinajstić information content (AvgIpc) is 2.19. The summed E-state index contributed by atoms with van der Waals surface area (Å²) in [6.07, 6.45) is 5.29. The molecule has 0 aliphatic heterocycles. The van der Waals surface area contributed by atoms with Crippen LogP contribution in [0.2, 0.25) is 0 Å². The predicted molar refractivity (Wildman–Crippen MR) is 58.1 cm³/mol. The number of azide groups is 1. The van der Waals surface area contributed by atoms with Gasteiger partial charge in [-0.3, -0.25) is 0 Å². The van der Waals surface area contributed by atoms with Gasteiger partial charge in [-0.1, -0.05) is 12.0 Å². The van der Waals surface area contributed by atoms with Crippen molar-refractivity contribution in [3.8, 4) is 0 Å². The van der Waals surface area contributed by atoms with Gasteiger partial charge in [-0.25, -0.2) is 0 Å². The highest BCUT2D eigenvalue weighted by molar-refractivity contribution is 4.76. The molecule has 1 saturated carbocycles. The third kappa shape index (κ3) is 3.56. The number of nitrogens with zero attached hydrogens (tertiary/aromatic N) is 4. The lowest BCUT2D eigenvalue weighted by Crippen LogP contribution is -2.36. The molecule has 1 aliphatic rings. The quantitative estimate of drug-likeness (QED) is 0.387. The van der Waals surface area contributed by atoms with Gasteiger partial charge in [-0.05, 0) is 44.2 Å².